The summed E-state index contributed by atoms with van der Waals surface area (Å²) in [5, 5.41) is 8.66. The Balaban J connectivity index is 2.62. The molecule has 14 heavy (non-hydrogen) atoms. The van der Waals surface area contributed by atoms with Gasteiger partial charge >= 0.3 is 0 Å². The van der Waals surface area contributed by atoms with Crippen molar-refractivity contribution in [1.29, 1.82) is 5.26 Å². The zero-order chi connectivity index (χ0) is 10.8. The molecule has 0 saturated carbocycles. The molecule has 1 atom stereocenters. The van der Waals surface area contributed by atoms with Crippen LogP contribution in [-0.2, 0) is 4.79 Å². The summed E-state index contributed by atoms with van der Waals surface area (Å²) in [6.45, 7) is 7.46. The second-order valence-electron chi connectivity index (χ2n) is 4.22. The zero-order valence-corrected chi connectivity index (χ0v) is 9.73. The second kappa shape index (κ2) is 4.22. The minimum absolute atomic E-state index is 0.0270. The number of nitrogens with zero attached hydrogens (tertiary/aromatic N) is 2. The average molecular weight is 212 g/mol. The third-order valence-corrected chi connectivity index (χ3v) is 3.60. The fraction of sp³-hybridized carbons (Fsp3) is 0.800. The Hall–Kier alpha value is -0.690. The van der Waals surface area contributed by atoms with Crippen molar-refractivity contribution in [2.24, 2.45) is 5.92 Å². The van der Waals surface area contributed by atoms with Gasteiger partial charge in [0.05, 0.1) is 6.07 Å². The summed E-state index contributed by atoms with van der Waals surface area (Å²) in [6.07, 6.45) is 0. The van der Waals surface area contributed by atoms with E-state index < -0.39 is 5.92 Å². The van der Waals surface area contributed by atoms with Gasteiger partial charge < -0.3 is 4.90 Å². The number of thioether (sulfide) groups is 1. The van der Waals surface area contributed by atoms with Gasteiger partial charge in [-0.15, -0.1) is 0 Å². The van der Waals surface area contributed by atoms with E-state index in [1.807, 2.05) is 22.7 Å². The van der Waals surface area contributed by atoms with Gasteiger partial charge in [-0.05, 0) is 20.8 Å². The zero-order valence-electron chi connectivity index (χ0n) is 8.91. The van der Waals surface area contributed by atoms with Gasteiger partial charge in [-0.1, -0.05) is 0 Å². The molecule has 78 valence electrons. The standard InChI is InChI=1S/C10H16N2OS/c1-8(6-11)9(13)12-4-5-14-10(2,3)7-12/h8H,4-5,7H2,1-3H3. The van der Waals surface area contributed by atoms with E-state index in [0.717, 1.165) is 18.8 Å². The predicted molar refractivity (Wildman–Crippen MR) is 57.9 cm³/mol. The monoisotopic (exact) mass is 212 g/mol. The van der Waals surface area contributed by atoms with Crippen molar-refractivity contribution in [3.63, 3.8) is 0 Å². The third-order valence-electron chi connectivity index (χ3n) is 2.30. The molecular weight excluding hydrogens is 196 g/mol. The number of rotatable bonds is 1. The first-order valence-corrected chi connectivity index (χ1v) is 5.77. The molecule has 0 N–H and O–H groups in total. The molecular formula is C10H16N2OS. The number of hydrogen-bond acceptors (Lipinski definition) is 3. The van der Waals surface area contributed by atoms with Crippen molar-refractivity contribution in [3.05, 3.63) is 0 Å². The first kappa shape index (κ1) is 11.4. The van der Waals surface area contributed by atoms with Crippen molar-refractivity contribution >= 4 is 17.7 Å². The van der Waals surface area contributed by atoms with E-state index in [1.165, 1.54) is 0 Å². The molecule has 1 aliphatic heterocycles. The molecule has 4 heteroatoms. The molecule has 0 radical (unpaired) electrons. The highest BCUT2D eigenvalue weighted by Crippen LogP contribution is 2.29. The lowest BCUT2D eigenvalue weighted by atomic mass is 10.1. The Bertz CT molecular complexity index is 270. The molecule has 0 aromatic carbocycles. The van der Waals surface area contributed by atoms with Crippen molar-refractivity contribution in [2.45, 2.75) is 25.5 Å². The summed E-state index contributed by atoms with van der Waals surface area (Å²) in [5.41, 5.74) is 0. The molecule has 3 nitrogen and oxygen atoms in total. The van der Waals surface area contributed by atoms with Gasteiger partial charge in [0.1, 0.15) is 5.92 Å². The molecule has 0 aromatic rings. The van der Waals surface area contributed by atoms with E-state index >= 15 is 0 Å². The fourth-order valence-electron chi connectivity index (χ4n) is 1.53. The predicted octanol–water partition coefficient (Wildman–Crippen LogP) is 1.50. The summed E-state index contributed by atoms with van der Waals surface area (Å²) >= 11 is 1.88. The Labute approximate surface area is 89.5 Å². The largest absolute Gasteiger partial charge is 0.339 e. The topological polar surface area (TPSA) is 44.1 Å². The average Bonchev–Trinajstić information content (AvgIpc) is 2.14. The number of amides is 1. The van der Waals surface area contributed by atoms with Crippen molar-refractivity contribution in [3.8, 4) is 6.07 Å². The smallest absolute Gasteiger partial charge is 0.239 e. The van der Waals surface area contributed by atoms with E-state index in [-0.39, 0.29) is 10.7 Å². The van der Waals surface area contributed by atoms with Crippen LogP contribution in [0.1, 0.15) is 20.8 Å². The Morgan fingerprint density at radius 3 is 2.79 bits per heavy atom. The fourth-order valence-corrected chi connectivity index (χ4v) is 2.65. The van der Waals surface area contributed by atoms with Crippen molar-refractivity contribution in [2.75, 3.05) is 18.8 Å². The maximum Gasteiger partial charge on any atom is 0.239 e. The summed E-state index contributed by atoms with van der Waals surface area (Å²) in [6, 6.07) is 1.99. The van der Waals surface area contributed by atoms with E-state index in [9.17, 15) is 4.79 Å². The van der Waals surface area contributed by atoms with E-state index in [4.69, 9.17) is 5.26 Å². The summed E-state index contributed by atoms with van der Waals surface area (Å²) in [4.78, 5) is 13.5. The molecule has 1 fully saturated rings. The molecule has 1 amide bonds. The maximum absolute atomic E-state index is 11.7. The number of nitriles is 1. The van der Waals surface area contributed by atoms with Crippen LogP contribution < -0.4 is 0 Å². The SMILES string of the molecule is CC(C#N)C(=O)N1CCSC(C)(C)C1. The minimum Gasteiger partial charge on any atom is -0.339 e. The molecule has 0 aromatic heterocycles. The van der Waals surface area contributed by atoms with Crippen molar-refractivity contribution < 1.29 is 4.79 Å². The van der Waals surface area contributed by atoms with Crippen LogP contribution in [0.5, 0.6) is 0 Å². The van der Waals surface area contributed by atoms with Crippen LogP contribution in [0.2, 0.25) is 0 Å². The number of hydrogen-bond donors (Lipinski definition) is 0. The summed E-state index contributed by atoms with van der Waals surface area (Å²) in [7, 11) is 0. The van der Waals surface area contributed by atoms with Gasteiger partial charge in [0.2, 0.25) is 5.91 Å². The van der Waals surface area contributed by atoms with Gasteiger partial charge in [0.15, 0.2) is 0 Å². The van der Waals surface area contributed by atoms with Gasteiger partial charge in [0.25, 0.3) is 0 Å². The van der Waals surface area contributed by atoms with E-state index in [2.05, 4.69) is 13.8 Å². The van der Waals surface area contributed by atoms with Crippen LogP contribution in [-0.4, -0.2) is 34.4 Å². The first-order valence-electron chi connectivity index (χ1n) is 4.78. The van der Waals surface area contributed by atoms with E-state index in [1.54, 1.807) is 6.92 Å². The number of carbonyl (C=O) groups is 1. The summed E-state index contributed by atoms with van der Waals surface area (Å²) < 4.78 is 0.128. The molecule has 1 aliphatic rings. The normalized spacial score (nSPS) is 22.6. The maximum atomic E-state index is 11.7. The molecule has 1 saturated heterocycles. The lowest BCUT2D eigenvalue weighted by Gasteiger charge is -2.37. The van der Waals surface area contributed by atoms with Crippen LogP contribution in [0.4, 0.5) is 0 Å². The Kier molecular flexibility index (Phi) is 3.43. The highest BCUT2D eigenvalue weighted by Gasteiger charge is 2.31. The lowest BCUT2D eigenvalue weighted by molar-refractivity contribution is -0.133. The van der Waals surface area contributed by atoms with Crippen LogP contribution >= 0.6 is 11.8 Å². The number of carbonyl (C=O) groups excluding carboxylic acids is 1. The van der Waals surface area contributed by atoms with Gasteiger partial charge in [-0.25, -0.2) is 0 Å². The Morgan fingerprint density at radius 2 is 2.29 bits per heavy atom. The van der Waals surface area contributed by atoms with Crippen LogP contribution in [0.3, 0.4) is 0 Å². The van der Waals surface area contributed by atoms with Gasteiger partial charge in [-0.3, -0.25) is 4.79 Å². The second-order valence-corrected chi connectivity index (χ2v) is 6.02. The molecule has 0 bridgehead atoms. The minimum atomic E-state index is -0.506. The summed E-state index contributed by atoms with van der Waals surface area (Å²) in [5.74, 6) is 0.437. The quantitative estimate of drug-likeness (QED) is 0.661. The Morgan fingerprint density at radius 1 is 1.64 bits per heavy atom. The van der Waals surface area contributed by atoms with Crippen molar-refractivity contribution in [1.82, 2.24) is 4.90 Å². The van der Waals surface area contributed by atoms with Gasteiger partial charge in [-0.2, -0.15) is 17.0 Å². The highest BCUT2D eigenvalue weighted by atomic mass is 32.2. The lowest BCUT2D eigenvalue weighted by Crippen LogP contribution is -2.47. The molecule has 1 unspecified atom stereocenters. The highest BCUT2D eigenvalue weighted by molar-refractivity contribution is 8.00. The molecule has 0 spiro atoms. The van der Waals surface area contributed by atoms with Gasteiger partial charge in [0, 0.05) is 23.6 Å². The van der Waals surface area contributed by atoms with Crippen LogP contribution in [0.15, 0.2) is 0 Å². The molecule has 1 heterocycles. The molecule has 0 aliphatic carbocycles. The van der Waals surface area contributed by atoms with Crippen LogP contribution in [0, 0.1) is 17.2 Å². The van der Waals surface area contributed by atoms with Crippen LogP contribution in [0.25, 0.3) is 0 Å². The first-order chi connectivity index (χ1) is 6.46. The third kappa shape index (κ3) is 2.65. The molecule has 1 rings (SSSR count). The van der Waals surface area contributed by atoms with E-state index in [0.29, 0.717) is 0 Å².